The fourth-order valence-corrected chi connectivity index (χ4v) is 3.32. The molecule has 8 nitrogen and oxygen atoms in total. The van der Waals surface area contributed by atoms with Crippen LogP contribution >= 0.6 is 0 Å². The topological polar surface area (TPSA) is 97.9 Å². The van der Waals surface area contributed by atoms with Gasteiger partial charge in [-0.15, -0.1) is 0 Å². The first kappa shape index (κ1) is 21.0. The van der Waals surface area contributed by atoms with Gasteiger partial charge in [-0.05, 0) is 43.7 Å². The summed E-state index contributed by atoms with van der Waals surface area (Å²) in [4.78, 5) is 25.3. The van der Waals surface area contributed by atoms with E-state index in [1.807, 2.05) is 13.0 Å². The summed E-state index contributed by atoms with van der Waals surface area (Å²) in [6, 6.07) is 11.4. The molecule has 158 valence electrons. The Balaban J connectivity index is 1.98. The van der Waals surface area contributed by atoms with Crippen LogP contribution in [0.25, 0.3) is 0 Å². The van der Waals surface area contributed by atoms with Gasteiger partial charge in [-0.25, -0.2) is 4.79 Å². The maximum absolute atomic E-state index is 13.2. The zero-order valence-corrected chi connectivity index (χ0v) is 17.4. The van der Waals surface area contributed by atoms with E-state index >= 15 is 0 Å². The molecular formula is C22H25N3O5. The zero-order chi connectivity index (χ0) is 21.7. The van der Waals surface area contributed by atoms with Crippen LogP contribution in [-0.4, -0.2) is 32.8 Å². The third kappa shape index (κ3) is 4.32. The molecule has 0 aromatic heterocycles. The SMILES string of the molecule is CCOc1ccc(C2NC(=O)NC(C)=C2C(=O)Nc2ccccc2OC)cc1OC. The molecule has 3 N–H and O–H groups in total. The zero-order valence-electron chi connectivity index (χ0n) is 17.4. The van der Waals surface area contributed by atoms with Crippen LogP contribution in [0.4, 0.5) is 10.5 Å². The Bertz CT molecular complexity index is 986. The number of benzene rings is 2. The van der Waals surface area contributed by atoms with Crippen LogP contribution < -0.4 is 30.2 Å². The van der Waals surface area contributed by atoms with E-state index in [-0.39, 0.29) is 11.9 Å². The van der Waals surface area contributed by atoms with E-state index in [0.29, 0.717) is 46.4 Å². The van der Waals surface area contributed by atoms with E-state index in [1.165, 1.54) is 7.11 Å². The predicted octanol–water partition coefficient (Wildman–Crippen LogP) is 3.37. The van der Waals surface area contributed by atoms with Crippen molar-refractivity contribution in [1.82, 2.24) is 10.6 Å². The van der Waals surface area contributed by atoms with Gasteiger partial charge in [0, 0.05) is 5.70 Å². The van der Waals surface area contributed by atoms with Crippen LogP contribution in [0.2, 0.25) is 0 Å². The predicted molar refractivity (Wildman–Crippen MR) is 113 cm³/mol. The molecule has 0 bridgehead atoms. The number of carbonyl (C=O) groups is 2. The summed E-state index contributed by atoms with van der Waals surface area (Å²) in [5, 5.41) is 8.35. The van der Waals surface area contributed by atoms with E-state index in [9.17, 15) is 9.59 Å². The number of hydrogen-bond donors (Lipinski definition) is 3. The van der Waals surface area contributed by atoms with Crippen molar-refractivity contribution in [3.05, 3.63) is 59.3 Å². The number of rotatable bonds is 7. The number of hydrogen-bond acceptors (Lipinski definition) is 5. The van der Waals surface area contributed by atoms with Crippen molar-refractivity contribution in [2.75, 3.05) is 26.1 Å². The summed E-state index contributed by atoms with van der Waals surface area (Å²) in [6.07, 6.45) is 0. The van der Waals surface area contributed by atoms with Gasteiger partial charge < -0.3 is 30.2 Å². The molecule has 3 rings (SSSR count). The Hall–Kier alpha value is -3.68. The maximum atomic E-state index is 13.2. The Morgan fingerprint density at radius 2 is 1.80 bits per heavy atom. The molecule has 1 atom stereocenters. The second-order valence-corrected chi connectivity index (χ2v) is 6.57. The lowest BCUT2D eigenvalue weighted by molar-refractivity contribution is -0.113. The first-order valence-corrected chi connectivity index (χ1v) is 9.51. The van der Waals surface area contributed by atoms with E-state index in [1.54, 1.807) is 50.4 Å². The van der Waals surface area contributed by atoms with Gasteiger partial charge in [-0.2, -0.15) is 0 Å². The van der Waals surface area contributed by atoms with Gasteiger partial charge in [0.15, 0.2) is 11.5 Å². The molecule has 1 aliphatic rings. The highest BCUT2D eigenvalue weighted by molar-refractivity contribution is 6.07. The average molecular weight is 411 g/mol. The molecule has 0 fully saturated rings. The third-order valence-corrected chi connectivity index (χ3v) is 4.69. The summed E-state index contributed by atoms with van der Waals surface area (Å²) in [5.74, 6) is 1.28. The summed E-state index contributed by atoms with van der Waals surface area (Å²) in [6.45, 7) is 4.06. The molecule has 3 amide bonds. The molecule has 0 saturated heterocycles. The van der Waals surface area contributed by atoms with Crippen molar-refractivity contribution in [1.29, 1.82) is 0 Å². The van der Waals surface area contributed by atoms with Crippen molar-refractivity contribution in [3.8, 4) is 17.2 Å². The second-order valence-electron chi connectivity index (χ2n) is 6.57. The van der Waals surface area contributed by atoms with Gasteiger partial charge in [-0.3, -0.25) is 4.79 Å². The van der Waals surface area contributed by atoms with Crippen LogP contribution in [-0.2, 0) is 4.79 Å². The van der Waals surface area contributed by atoms with Crippen molar-refractivity contribution < 1.29 is 23.8 Å². The van der Waals surface area contributed by atoms with Crippen molar-refractivity contribution in [2.45, 2.75) is 19.9 Å². The molecule has 0 radical (unpaired) electrons. The lowest BCUT2D eigenvalue weighted by atomic mass is 9.94. The van der Waals surface area contributed by atoms with Crippen molar-refractivity contribution in [3.63, 3.8) is 0 Å². The first-order chi connectivity index (χ1) is 14.5. The molecule has 8 heteroatoms. The van der Waals surface area contributed by atoms with Gasteiger partial charge in [0.25, 0.3) is 5.91 Å². The molecule has 1 unspecified atom stereocenters. The minimum atomic E-state index is -0.668. The highest BCUT2D eigenvalue weighted by Gasteiger charge is 2.32. The lowest BCUT2D eigenvalue weighted by Gasteiger charge is -2.29. The van der Waals surface area contributed by atoms with Crippen LogP contribution in [0.3, 0.4) is 0 Å². The van der Waals surface area contributed by atoms with Crippen LogP contribution in [0.15, 0.2) is 53.7 Å². The minimum Gasteiger partial charge on any atom is -0.495 e. The number of para-hydroxylation sites is 2. The number of urea groups is 1. The normalized spacial score (nSPS) is 15.7. The highest BCUT2D eigenvalue weighted by atomic mass is 16.5. The molecular weight excluding hydrogens is 386 g/mol. The van der Waals surface area contributed by atoms with Crippen LogP contribution in [0.5, 0.6) is 17.2 Å². The third-order valence-electron chi connectivity index (χ3n) is 4.69. The van der Waals surface area contributed by atoms with E-state index < -0.39 is 6.04 Å². The van der Waals surface area contributed by atoms with Crippen molar-refractivity contribution >= 4 is 17.6 Å². The van der Waals surface area contributed by atoms with Gasteiger partial charge in [-0.1, -0.05) is 18.2 Å². The smallest absolute Gasteiger partial charge is 0.319 e. The molecule has 2 aromatic carbocycles. The molecule has 1 heterocycles. The molecule has 0 spiro atoms. The molecule has 1 aliphatic heterocycles. The summed E-state index contributed by atoms with van der Waals surface area (Å²) in [7, 11) is 3.08. The Kier molecular flexibility index (Phi) is 6.46. The van der Waals surface area contributed by atoms with E-state index in [4.69, 9.17) is 14.2 Å². The number of methoxy groups -OCH3 is 2. The fraction of sp³-hybridized carbons (Fsp3) is 0.273. The van der Waals surface area contributed by atoms with Crippen LogP contribution in [0.1, 0.15) is 25.5 Å². The summed E-state index contributed by atoms with van der Waals surface area (Å²) in [5.41, 5.74) is 2.07. The van der Waals surface area contributed by atoms with E-state index in [2.05, 4.69) is 16.0 Å². The largest absolute Gasteiger partial charge is 0.495 e. The molecule has 0 saturated carbocycles. The van der Waals surface area contributed by atoms with Gasteiger partial charge in [0.2, 0.25) is 0 Å². The number of allylic oxidation sites excluding steroid dienone is 1. The Morgan fingerprint density at radius 3 is 2.50 bits per heavy atom. The lowest BCUT2D eigenvalue weighted by Crippen LogP contribution is -2.46. The average Bonchev–Trinajstić information content (AvgIpc) is 2.74. The highest BCUT2D eigenvalue weighted by Crippen LogP contribution is 2.35. The molecule has 30 heavy (non-hydrogen) atoms. The minimum absolute atomic E-state index is 0.359. The second kappa shape index (κ2) is 9.21. The Labute approximate surface area is 175 Å². The number of carbonyl (C=O) groups excluding carboxylic acids is 2. The maximum Gasteiger partial charge on any atom is 0.319 e. The van der Waals surface area contributed by atoms with Gasteiger partial charge >= 0.3 is 6.03 Å². The molecule has 0 aliphatic carbocycles. The van der Waals surface area contributed by atoms with E-state index in [0.717, 1.165) is 0 Å². The van der Waals surface area contributed by atoms with Crippen LogP contribution in [0, 0.1) is 0 Å². The monoisotopic (exact) mass is 411 g/mol. The fourth-order valence-electron chi connectivity index (χ4n) is 3.32. The standard InChI is InChI=1S/C22H25N3O5/c1-5-30-17-11-10-14(12-18(17)29-4)20-19(13(2)23-22(27)25-20)21(26)24-15-8-6-7-9-16(15)28-3/h6-12,20H,5H2,1-4H3,(H,24,26)(H2,23,25,27). The number of anilines is 1. The van der Waals surface area contributed by atoms with Gasteiger partial charge in [0.1, 0.15) is 5.75 Å². The number of amides is 3. The van der Waals surface area contributed by atoms with Crippen molar-refractivity contribution in [2.24, 2.45) is 0 Å². The quantitative estimate of drug-likeness (QED) is 0.649. The van der Waals surface area contributed by atoms with Gasteiger partial charge in [0.05, 0.1) is 38.1 Å². The molecule has 2 aromatic rings. The number of nitrogens with one attached hydrogen (secondary N) is 3. The summed E-state index contributed by atoms with van der Waals surface area (Å²) < 4.78 is 16.3. The first-order valence-electron chi connectivity index (χ1n) is 9.51. The summed E-state index contributed by atoms with van der Waals surface area (Å²) >= 11 is 0. The Morgan fingerprint density at radius 1 is 1.07 bits per heavy atom. The number of ether oxygens (including phenoxy) is 3.